The van der Waals surface area contributed by atoms with Gasteiger partial charge < -0.3 is 23.8 Å². The molecular weight excluding hydrogens is 446 g/mol. The summed E-state index contributed by atoms with van der Waals surface area (Å²) in [7, 11) is 0. The molecule has 4 aliphatic rings. The van der Waals surface area contributed by atoms with Gasteiger partial charge in [0.15, 0.2) is 23.0 Å². The molecule has 1 amide bonds. The van der Waals surface area contributed by atoms with Gasteiger partial charge in [-0.1, -0.05) is 12.1 Å². The van der Waals surface area contributed by atoms with E-state index in [-0.39, 0.29) is 11.9 Å². The molecule has 2 fully saturated rings. The van der Waals surface area contributed by atoms with Crippen molar-refractivity contribution in [2.24, 2.45) is 0 Å². The van der Waals surface area contributed by atoms with E-state index in [0.717, 1.165) is 81.5 Å². The number of likely N-dealkylation sites (tertiary alicyclic amines) is 1. The number of piperazine rings is 1. The largest absolute Gasteiger partial charge is 0.490 e. The van der Waals surface area contributed by atoms with Crippen molar-refractivity contribution in [1.82, 2.24) is 14.7 Å². The van der Waals surface area contributed by atoms with Crippen molar-refractivity contribution in [2.75, 3.05) is 59.3 Å². The van der Waals surface area contributed by atoms with Crippen LogP contribution in [-0.2, 0) is 11.3 Å². The van der Waals surface area contributed by atoms with E-state index >= 15 is 0 Å². The Hall–Kier alpha value is -2.97. The van der Waals surface area contributed by atoms with Gasteiger partial charge >= 0.3 is 0 Å². The lowest BCUT2D eigenvalue weighted by Crippen LogP contribution is -2.50. The molecule has 8 nitrogen and oxygen atoms in total. The average molecular weight is 480 g/mol. The molecule has 2 aromatic rings. The standard InChI is InChI=1S/C27H33N3O5/c31-27(29-11-9-28(10-12-29)17-20-4-6-24-25(15-20)35-19-34-24)18-30-8-1-3-22(30)21-5-7-23-26(16-21)33-14-2-13-32-23/h4-7,15-16,22H,1-3,8-14,17-19H2/t22-/m1/s1. The summed E-state index contributed by atoms with van der Waals surface area (Å²) in [5.41, 5.74) is 2.43. The zero-order valence-electron chi connectivity index (χ0n) is 20.1. The Bertz CT molecular complexity index is 1070. The monoisotopic (exact) mass is 479 g/mol. The third-order valence-corrected chi connectivity index (χ3v) is 7.43. The molecule has 0 spiro atoms. The van der Waals surface area contributed by atoms with Gasteiger partial charge in [-0.2, -0.15) is 0 Å². The molecule has 8 heteroatoms. The highest BCUT2D eigenvalue weighted by Crippen LogP contribution is 2.38. The first-order valence-corrected chi connectivity index (χ1v) is 12.8. The number of fused-ring (bicyclic) bond motifs is 2. The van der Waals surface area contributed by atoms with E-state index in [1.54, 1.807) is 0 Å². The second-order valence-electron chi connectivity index (χ2n) is 9.73. The molecule has 0 saturated carbocycles. The molecule has 0 aromatic heterocycles. The fraction of sp³-hybridized carbons (Fsp3) is 0.519. The number of carbonyl (C=O) groups excluding carboxylic acids is 1. The van der Waals surface area contributed by atoms with E-state index < -0.39 is 0 Å². The predicted molar refractivity (Wildman–Crippen MR) is 130 cm³/mol. The maximum Gasteiger partial charge on any atom is 0.236 e. The molecule has 2 aromatic carbocycles. The lowest BCUT2D eigenvalue weighted by Gasteiger charge is -2.36. The Morgan fingerprint density at radius 1 is 0.800 bits per heavy atom. The van der Waals surface area contributed by atoms with Crippen LogP contribution in [0.4, 0.5) is 0 Å². The number of hydrogen-bond donors (Lipinski definition) is 0. The maximum absolute atomic E-state index is 13.2. The molecule has 4 aliphatic heterocycles. The van der Waals surface area contributed by atoms with Crippen molar-refractivity contribution in [3.63, 3.8) is 0 Å². The summed E-state index contributed by atoms with van der Waals surface area (Å²) >= 11 is 0. The first-order valence-electron chi connectivity index (χ1n) is 12.8. The van der Waals surface area contributed by atoms with Crippen molar-refractivity contribution in [2.45, 2.75) is 31.8 Å². The first kappa shape index (κ1) is 22.5. The first-order chi connectivity index (χ1) is 17.2. The summed E-state index contributed by atoms with van der Waals surface area (Å²) < 4.78 is 22.6. The lowest BCUT2D eigenvalue weighted by molar-refractivity contribution is -0.134. The van der Waals surface area contributed by atoms with Crippen LogP contribution in [0.15, 0.2) is 36.4 Å². The Morgan fingerprint density at radius 2 is 1.54 bits per heavy atom. The minimum absolute atomic E-state index is 0.231. The van der Waals surface area contributed by atoms with Gasteiger partial charge in [-0.3, -0.25) is 14.6 Å². The lowest BCUT2D eigenvalue weighted by atomic mass is 10.0. The van der Waals surface area contributed by atoms with Gasteiger partial charge in [0.2, 0.25) is 12.7 Å². The Morgan fingerprint density at radius 3 is 2.43 bits per heavy atom. The molecule has 186 valence electrons. The summed E-state index contributed by atoms with van der Waals surface area (Å²) in [4.78, 5) is 20.0. The van der Waals surface area contributed by atoms with Crippen LogP contribution in [0, 0.1) is 0 Å². The van der Waals surface area contributed by atoms with Crippen molar-refractivity contribution in [1.29, 1.82) is 0 Å². The SMILES string of the molecule is O=C(CN1CCC[C@@H]1c1ccc2c(c1)OCCCO2)N1CCN(Cc2ccc3c(c2)OCO3)CC1. The Kier molecular flexibility index (Phi) is 6.39. The zero-order chi connectivity index (χ0) is 23.6. The van der Waals surface area contributed by atoms with Gasteiger partial charge in [-0.15, -0.1) is 0 Å². The van der Waals surface area contributed by atoms with Gasteiger partial charge in [0.05, 0.1) is 19.8 Å². The van der Waals surface area contributed by atoms with Crippen LogP contribution in [0.25, 0.3) is 0 Å². The second-order valence-corrected chi connectivity index (χ2v) is 9.73. The molecule has 6 rings (SSSR count). The van der Waals surface area contributed by atoms with Crippen LogP contribution in [0.5, 0.6) is 23.0 Å². The minimum Gasteiger partial charge on any atom is -0.490 e. The smallest absolute Gasteiger partial charge is 0.236 e. The minimum atomic E-state index is 0.231. The number of nitrogens with zero attached hydrogens (tertiary/aromatic N) is 3. The highest BCUT2D eigenvalue weighted by molar-refractivity contribution is 5.78. The van der Waals surface area contributed by atoms with E-state index in [4.69, 9.17) is 18.9 Å². The van der Waals surface area contributed by atoms with E-state index in [0.29, 0.717) is 26.6 Å². The van der Waals surface area contributed by atoms with Gasteiger partial charge in [-0.05, 0) is 54.8 Å². The van der Waals surface area contributed by atoms with Gasteiger partial charge in [0, 0.05) is 45.2 Å². The predicted octanol–water partition coefficient (Wildman–Crippen LogP) is 3.06. The second kappa shape index (κ2) is 9.95. The fourth-order valence-corrected chi connectivity index (χ4v) is 5.51. The Labute approximate surface area is 206 Å². The number of hydrogen-bond acceptors (Lipinski definition) is 7. The molecule has 4 heterocycles. The molecule has 2 saturated heterocycles. The van der Waals surface area contributed by atoms with E-state index in [9.17, 15) is 4.79 Å². The van der Waals surface area contributed by atoms with Crippen molar-refractivity contribution < 1.29 is 23.7 Å². The topological polar surface area (TPSA) is 63.7 Å². The molecule has 0 aliphatic carbocycles. The maximum atomic E-state index is 13.2. The number of rotatable bonds is 5. The summed E-state index contributed by atoms with van der Waals surface area (Å²) in [6.07, 6.45) is 3.07. The third kappa shape index (κ3) is 4.90. The van der Waals surface area contributed by atoms with Crippen molar-refractivity contribution in [3.05, 3.63) is 47.5 Å². The third-order valence-electron chi connectivity index (χ3n) is 7.43. The number of ether oxygens (including phenoxy) is 4. The van der Waals surface area contributed by atoms with Gasteiger partial charge in [0.1, 0.15) is 0 Å². The average Bonchev–Trinajstić information content (AvgIpc) is 3.47. The van der Waals surface area contributed by atoms with Gasteiger partial charge in [-0.25, -0.2) is 0 Å². The Balaban J connectivity index is 1.03. The highest BCUT2D eigenvalue weighted by Gasteiger charge is 2.31. The van der Waals surface area contributed by atoms with Gasteiger partial charge in [0.25, 0.3) is 0 Å². The summed E-state index contributed by atoms with van der Waals surface area (Å²) in [6.45, 7) is 7.26. The van der Waals surface area contributed by atoms with Crippen LogP contribution in [0.2, 0.25) is 0 Å². The van der Waals surface area contributed by atoms with Crippen LogP contribution in [-0.4, -0.2) is 79.9 Å². The molecular formula is C27H33N3O5. The number of benzene rings is 2. The van der Waals surface area contributed by atoms with E-state index in [1.807, 2.05) is 17.0 Å². The molecule has 0 unspecified atom stereocenters. The summed E-state index contributed by atoms with van der Waals surface area (Å²) in [6, 6.07) is 12.7. The fourth-order valence-electron chi connectivity index (χ4n) is 5.51. The molecule has 0 radical (unpaired) electrons. The van der Waals surface area contributed by atoms with Crippen molar-refractivity contribution >= 4 is 5.91 Å². The highest BCUT2D eigenvalue weighted by atomic mass is 16.7. The number of amides is 1. The van der Waals surface area contributed by atoms with Crippen molar-refractivity contribution in [3.8, 4) is 23.0 Å². The zero-order valence-corrected chi connectivity index (χ0v) is 20.1. The molecule has 0 N–H and O–H groups in total. The van der Waals surface area contributed by atoms with Crippen LogP contribution < -0.4 is 18.9 Å². The van der Waals surface area contributed by atoms with Crippen LogP contribution in [0.1, 0.15) is 36.4 Å². The molecule has 1 atom stereocenters. The van der Waals surface area contributed by atoms with E-state index in [2.05, 4.69) is 34.1 Å². The van der Waals surface area contributed by atoms with Crippen LogP contribution in [0.3, 0.4) is 0 Å². The molecule has 35 heavy (non-hydrogen) atoms. The normalized spacial score (nSPS) is 22.3. The summed E-state index contributed by atoms with van der Waals surface area (Å²) in [5.74, 6) is 3.53. The van der Waals surface area contributed by atoms with E-state index in [1.165, 1.54) is 11.1 Å². The van der Waals surface area contributed by atoms with Crippen LogP contribution >= 0.6 is 0 Å². The molecule has 0 bridgehead atoms. The number of carbonyl (C=O) groups is 1. The quantitative estimate of drug-likeness (QED) is 0.653. The summed E-state index contributed by atoms with van der Waals surface area (Å²) in [5, 5.41) is 0.